The van der Waals surface area contributed by atoms with Crippen LogP contribution in [0.3, 0.4) is 0 Å². The van der Waals surface area contributed by atoms with Crippen molar-refractivity contribution >= 4 is 17.7 Å². The Labute approximate surface area is 616 Å². The summed E-state index contributed by atoms with van der Waals surface area (Å²) in [5.41, 5.74) is -0.298. The van der Waals surface area contributed by atoms with Crippen LogP contribution in [-0.4, -0.2) is 468 Å². The highest BCUT2D eigenvalue weighted by atomic mass is 16.8. The van der Waals surface area contributed by atoms with Gasteiger partial charge in [-0.3, -0.25) is 14.4 Å². The molecule has 624 valence electrons. The summed E-state index contributed by atoms with van der Waals surface area (Å²) in [6.07, 6.45) is -49.3. The Morgan fingerprint density at radius 1 is 0.259 bits per heavy atom. The highest BCUT2D eigenvalue weighted by Crippen LogP contribution is 2.34. The summed E-state index contributed by atoms with van der Waals surface area (Å²) in [6, 6.07) is 3.74. The molecule has 6 heterocycles. The fourth-order valence-electron chi connectivity index (χ4n) is 11.7. The minimum Gasteiger partial charge on any atom is -0.394 e. The molecule has 6 fully saturated rings. The quantitative estimate of drug-likeness (QED) is 0.0270. The molecule has 45 nitrogen and oxygen atoms in total. The Morgan fingerprint density at radius 2 is 0.463 bits per heavy atom. The number of amides is 3. The summed E-state index contributed by atoms with van der Waals surface area (Å²) in [6.45, 7) is -5.78. The van der Waals surface area contributed by atoms with Gasteiger partial charge in [-0.1, -0.05) is 0 Å². The average molecular weight is 1580 g/mol. The maximum atomic E-state index is 13.6. The minimum atomic E-state index is -1.87. The zero-order valence-electron chi connectivity index (χ0n) is 58.5. The van der Waals surface area contributed by atoms with Gasteiger partial charge in [-0.2, -0.15) is 0 Å². The second-order valence-corrected chi connectivity index (χ2v) is 25.4. The first-order valence-corrected chi connectivity index (χ1v) is 34.9. The van der Waals surface area contributed by atoms with Gasteiger partial charge in [0.2, 0.25) is 0 Å². The first kappa shape index (κ1) is 91.3. The number of hydrogen-bond acceptors (Lipinski definition) is 42. The van der Waals surface area contributed by atoms with Crippen LogP contribution in [0.1, 0.15) is 31.1 Å². The van der Waals surface area contributed by atoms with Crippen LogP contribution in [0.25, 0.3) is 0 Å². The third-order valence-electron chi connectivity index (χ3n) is 17.8. The number of nitrogens with one attached hydrogen (secondary N) is 3. The Hall–Kier alpha value is -3.93. The summed E-state index contributed by atoms with van der Waals surface area (Å²) >= 11 is 0. The minimum absolute atomic E-state index is 0.00284. The van der Waals surface area contributed by atoms with E-state index in [1.54, 1.807) is 0 Å². The van der Waals surface area contributed by atoms with E-state index < -0.39 is 242 Å². The van der Waals surface area contributed by atoms with Crippen molar-refractivity contribution in [1.29, 1.82) is 0 Å². The van der Waals surface area contributed by atoms with E-state index in [1.807, 2.05) is 0 Å². The molecule has 0 saturated carbocycles. The number of aliphatic hydroxyl groups is 21. The lowest BCUT2D eigenvalue weighted by Crippen LogP contribution is -2.64. The molecule has 6 aliphatic heterocycles. The Kier molecular flexibility index (Phi) is 39.2. The summed E-state index contributed by atoms with van der Waals surface area (Å²) in [5.74, 6) is -2.12. The Balaban J connectivity index is 0.825. The SMILES string of the molecule is O=C(NCCOCCOCCO[C@@H]1O[C@H](CO)[C@H](O)[C@H](O[C@H]2O[C@H](CO)[C@H](O)[C@H](O)[C@H]2O)[C@H]1O)c1cc(C(=O)NCCOCCOCCO[C@@H]2O[C@H](CO)[C@H](O)[C@H](O[C@H]3O[C@H](CO)[C@H](O)[C@H](O)[C@H]3O)[C@H]2O)cc(C(=O)NCCOCCOCCO[C@@H]2O[C@H](CO)[C@H](O)[C@H](O[C@H]3O[C@H](CO)[C@H](O)[C@H](O)[C@H]3O)[C@H]2O)c1. The van der Waals surface area contributed by atoms with Crippen LogP contribution in [0.5, 0.6) is 0 Å². The maximum Gasteiger partial charge on any atom is 0.251 e. The van der Waals surface area contributed by atoms with E-state index in [0.29, 0.717) is 0 Å². The van der Waals surface area contributed by atoms with E-state index in [4.69, 9.17) is 85.3 Å². The van der Waals surface area contributed by atoms with Gasteiger partial charge in [-0.15, -0.1) is 0 Å². The lowest BCUT2D eigenvalue weighted by atomic mass is 9.97. The zero-order chi connectivity index (χ0) is 78.7. The molecule has 0 aromatic heterocycles. The predicted octanol–water partition coefficient (Wildman–Crippen LogP) is -15.1. The molecule has 1 aromatic carbocycles. The molecule has 1 aromatic rings. The molecule has 45 heteroatoms. The molecule has 0 unspecified atom stereocenters. The molecule has 0 spiro atoms. The number of rotatable bonds is 45. The van der Waals surface area contributed by atoms with Gasteiger partial charge >= 0.3 is 0 Å². The number of hydrogen-bond donors (Lipinski definition) is 24. The summed E-state index contributed by atoms with van der Waals surface area (Å²) in [5, 5.41) is 223. The summed E-state index contributed by atoms with van der Waals surface area (Å²) in [4.78, 5) is 40.7. The molecule has 24 N–H and O–H groups in total. The molecule has 3 amide bonds. The van der Waals surface area contributed by atoms with Gasteiger partial charge in [-0.25, -0.2) is 0 Å². The average Bonchev–Trinajstić information content (AvgIpc) is 0.795. The van der Waals surface area contributed by atoms with Crippen molar-refractivity contribution in [3.8, 4) is 0 Å². The lowest BCUT2D eigenvalue weighted by molar-refractivity contribution is -0.360. The highest BCUT2D eigenvalue weighted by Gasteiger charge is 2.55. The number of aliphatic hydroxyl groups excluding tert-OH is 21. The normalized spacial score (nSPS) is 37.4. The van der Waals surface area contributed by atoms with Crippen LogP contribution >= 0.6 is 0 Å². The second-order valence-electron chi connectivity index (χ2n) is 25.4. The van der Waals surface area contributed by atoms with E-state index >= 15 is 0 Å². The third kappa shape index (κ3) is 25.3. The standard InChI is InChI=1S/C63H105N3O42/c67-22-31-37(73)43(79)46(82)61(103-31)106-52-40(76)34(25-70)100-58(49(52)85)97-16-13-94-10-7-91-4-1-64-55(88)28-19-29(56(89)65-2-5-92-8-11-95-14-17-98-59-50(86)53(41(77)35(26-71)101-59)107-62-47(83)44(80)38(74)32(23-68)104-62)21-30(20-28)57(90)66-3-6-93-9-12-96-15-18-99-60-51(87)54(42(78)36(27-72)102-60)108-63-48(84)45(81)39(75)33(24-69)105-63/h19-21,31-54,58-63,67-87H,1-18,22-27H2,(H,64,88)(H,65,89)(H,66,90)/t31-,32-,33-,34-,35-,36-,37+,38+,39+,40+,41+,42+,43+,44+,45+,46-,47-,48-,49-,50-,51-,52+,53+,54+,58-,59-,60-,61-,62-,63-/m1/s1. The first-order chi connectivity index (χ1) is 51.8. The van der Waals surface area contributed by atoms with E-state index in [0.717, 1.165) is 0 Å². The zero-order valence-corrected chi connectivity index (χ0v) is 58.5. The molecule has 7 rings (SSSR count). The summed E-state index contributed by atoms with van der Waals surface area (Å²) < 4.78 is 99.1. The number of carbonyl (C=O) groups excluding carboxylic acids is 3. The van der Waals surface area contributed by atoms with E-state index in [2.05, 4.69) is 16.0 Å². The van der Waals surface area contributed by atoms with E-state index in [1.165, 1.54) is 18.2 Å². The van der Waals surface area contributed by atoms with Gasteiger partial charge in [0.25, 0.3) is 17.7 Å². The van der Waals surface area contributed by atoms with Crippen molar-refractivity contribution in [3.05, 3.63) is 34.9 Å². The van der Waals surface area contributed by atoms with E-state index in [-0.39, 0.29) is 135 Å². The monoisotopic (exact) mass is 1580 g/mol. The largest absolute Gasteiger partial charge is 0.394 e. The third-order valence-corrected chi connectivity index (χ3v) is 17.8. The van der Waals surface area contributed by atoms with Crippen LogP contribution in [0.4, 0.5) is 0 Å². The van der Waals surface area contributed by atoms with Gasteiger partial charge in [-0.05, 0) is 18.2 Å². The molecule has 0 bridgehead atoms. The van der Waals surface area contributed by atoms with Crippen molar-refractivity contribution in [3.63, 3.8) is 0 Å². The molecule has 0 radical (unpaired) electrons. The first-order valence-electron chi connectivity index (χ1n) is 34.9. The predicted molar refractivity (Wildman–Crippen MR) is 345 cm³/mol. The van der Waals surface area contributed by atoms with Crippen molar-refractivity contribution in [1.82, 2.24) is 16.0 Å². The van der Waals surface area contributed by atoms with Crippen LogP contribution in [-0.2, 0) is 85.3 Å². The summed E-state index contributed by atoms with van der Waals surface area (Å²) in [7, 11) is 0. The smallest absolute Gasteiger partial charge is 0.251 e. The fraction of sp³-hybridized carbons (Fsp3) is 0.857. The van der Waals surface area contributed by atoms with Crippen molar-refractivity contribution in [2.24, 2.45) is 0 Å². The van der Waals surface area contributed by atoms with Gasteiger partial charge in [0, 0.05) is 36.3 Å². The van der Waals surface area contributed by atoms with Crippen LogP contribution in [0.2, 0.25) is 0 Å². The Bertz CT molecular complexity index is 2450. The molecule has 0 aliphatic carbocycles. The van der Waals surface area contributed by atoms with Gasteiger partial charge < -0.3 is 208 Å². The second kappa shape index (κ2) is 46.4. The molecule has 108 heavy (non-hydrogen) atoms. The Morgan fingerprint density at radius 3 is 0.694 bits per heavy atom. The molecular weight excluding hydrogens is 1470 g/mol. The number of benzene rings is 1. The van der Waals surface area contributed by atoms with Crippen LogP contribution in [0.15, 0.2) is 18.2 Å². The number of carbonyl (C=O) groups is 3. The molecule has 6 saturated heterocycles. The van der Waals surface area contributed by atoms with Crippen molar-refractivity contribution < 1.29 is 207 Å². The van der Waals surface area contributed by atoms with Crippen LogP contribution < -0.4 is 16.0 Å². The van der Waals surface area contributed by atoms with Gasteiger partial charge in [0.15, 0.2) is 37.7 Å². The van der Waals surface area contributed by atoms with Gasteiger partial charge in [0.05, 0.1) is 139 Å². The molecular formula is C63H105N3O42. The topological polar surface area (TPSA) is 678 Å². The van der Waals surface area contributed by atoms with E-state index in [9.17, 15) is 122 Å². The number of ether oxygens (including phenoxy) is 18. The highest BCUT2D eigenvalue weighted by molar-refractivity contribution is 6.04. The maximum absolute atomic E-state index is 13.6. The van der Waals surface area contributed by atoms with Crippen LogP contribution in [0, 0.1) is 0 Å². The lowest BCUT2D eigenvalue weighted by Gasteiger charge is -2.45. The molecule has 30 atom stereocenters. The fourth-order valence-corrected chi connectivity index (χ4v) is 11.7. The van der Waals surface area contributed by atoms with Crippen molar-refractivity contribution in [2.75, 3.05) is 158 Å². The van der Waals surface area contributed by atoms with Crippen molar-refractivity contribution in [2.45, 2.75) is 184 Å². The van der Waals surface area contributed by atoms with Gasteiger partial charge in [0.1, 0.15) is 146 Å². The molecule has 6 aliphatic rings.